The molecule has 142 valence electrons. The summed E-state index contributed by atoms with van der Waals surface area (Å²) in [4.78, 5) is 12.3. The van der Waals surface area contributed by atoms with Gasteiger partial charge in [0.15, 0.2) is 5.78 Å². The fraction of sp³-hybridized carbons (Fsp3) is 0.952. The fourth-order valence-corrected chi connectivity index (χ4v) is 7.86. The average molecular weight is 352 g/mol. The lowest BCUT2D eigenvalue weighted by Gasteiger charge is -2.61. The Labute approximate surface area is 150 Å². The molecule has 4 heteroatoms. The van der Waals surface area contributed by atoms with Crippen molar-refractivity contribution in [2.75, 3.05) is 6.61 Å². The summed E-state index contributed by atoms with van der Waals surface area (Å²) in [6.07, 6.45) is 5.77. The number of carbonyl (C=O) groups is 1. The highest BCUT2D eigenvalue weighted by atomic mass is 19.1. The van der Waals surface area contributed by atoms with Gasteiger partial charge in [-0.15, -0.1) is 0 Å². The zero-order chi connectivity index (χ0) is 18.0. The highest BCUT2D eigenvalue weighted by molar-refractivity contribution is 5.83. The van der Waals surface area contributed by atoms with Gasteiger partial charge in [0.1, 0.15) is 12.8 Å². The summed E-state index contributed by atoms with van der Waals surface area (Å²) in [5.74, 6) is 1.24. The molecule has 25 heavy (non-hydrogen) atoms. The molecule has 0 saturated heterocycles. The Balaban J connectivity index is 1.63. The number of hydrogen-bond acceptors (Lipinski definition) is 3. The third-order valence-electron chi connectivity index (χ3n) is 9.15. The number of aliphatic hydroxyl groups is 2. The van der Waals surface area contributed by atoms with Crippen molar-refractivity contribution in [3.63, 3.8) is 0 Å². The van der Waals surface area contributed by atoms with Gasteiger partial charge in [0, 0.05) is 5.92 Å². The monoisotopic (exact) mass is 352 g/mol. The predicted octanol–water partition coefficient (Wildman–Crippen LogP) is 3.52. The van der Waals surface area contributed by atoms with E-state index >= 15 is 4.39 Å². The Morgan fingerprint density at radius 3 is 2.40 bits per heavy atom. The van der Waals surface area contributed by atoms with E-state index in [0.29, 0.717) is 30.6 Å². The van der Waals surface area contributed by atoms with Crippen molar-refractivity contribution in [1.29, 1.82) is 0 Å². The van der Waals surface area contributed by atoms with Crippen LogP contribution in [0.1, 0.15) is 65.2 Å². The maximum Gasteiger partial charge on any atom is 0.161 e. The smallest absolute Gasteiger partial charge is 0.161 e. The third-order valence-corrected chi connectivity index (χ3v) is 9.15. The number of halogens is 1. The first kappa shape index (κ1) is 17.9. The van der Waals surface area contributed by atoms with Gasteiger partial charge in [0.2, 0.25) is 0 Å². The molecule has 3 nitrogen and oxygen atoms in total. The second-order valence-electron chi connectivity index (χ2n) is 9.97. The van der Waals surface area contributed by atoms with Crippen molar-refractivity contribution < 1.29 is 19.4 Å². The first-order valence-electron chi connectivity index (χ1n) is 10.3. The van der Waals surface area contributed by atoms with Crippen LogP contribution in [0.25, 0.3) is 0 Å². The number of aliphatic hydroxyl groups excluding tert-OH is 2. The number of rotatable bonds is 2. The second kappa shape index (κ2) is 6.02. The van der Waals surface area contributed by atoms with Crippen LogP contribution in [0.3, 0.4) is 0 Å². The molecule has 0 radical (unpaired) electrons. The number of hydrogen-bond donors (Lipinski definition) is 2. The standard InChI is InChI=1S/C21H33FO3/c1-20-8-6-15-13(14(20)3-4-16(20)19(25)11-23)10-18(22)17-9-12(24)5-7-21(15,17)2/h12-18,23-24H,3-11H2,1-2H3/t12-,13+,14+,15+,16-,17+,18+,20+,21-/m1/s1. The van der Waals surface area contributed by atoms with Crippen LogP contribution >= 0.6 is 0 Å². The van der Waals surface area contributed by atoms with E-state index in [1.165, 1.54) is 0 Å². The number of alkyl halides is 1. The predicted molar refractivity (Wildman–Crippen MR) is 93.6 cm³/mol. The summed E-state index contributed by atoms with van der Waals surface area (Å²) in [6.45, 7) is 4.15. The third kappa shape index (κ3) is 2.46. The molecule has 0 aromatic heterocycles. The van der Waals surface area contributed by atoms with Crippen LogP contribution in [-0.4, -0.2) is 34.9 Å². The fourth-order valence-electron chi connectivity index (χ4n) is 7.86. The first-order valence-corrected chi connectivity index (χ1v) is 10.3. The summed E-state index contributed by atoms with van der Waals surface area (Å²) in [7, 11) is 0. The molecule has 4 aliphatic carbocycles. The minimum Gasteiger partial charge on any atom is -0.393 e. The lowest BCUT2D eigenvalue weighted by Crippen LogP contribution is -2.57. The highest BCUT2D eigenvalue weighted by Crippen LogP contribution is 2.67. The van der Waals surface area contributed by atoms with Crippen molar-refractivity contribution in [2.24, 2.45) is 40.4 Å². The molecule has 4 fully saturated rings. The summed E-state index contributed by atoms with van der Waals surface area (Å²) < 4.78 is 15.2. The van der Waals surface area contributed by atoms with E-state index in [2.05, 4.69) is 13.8 Å². The minimum atomic E-state index is -0.823. The van der Waals surface area contributed by atoms with Gasteiger partial charge in [-0.25, -0.2) is 4.39 Å². The van der Waals surface area contributed by atoms with Gasteiger partial charge in [-0.3, -0.25) is 4.79 Å². The molecule has 0 unspecified atom stereocenters. The van der Waals surface area contributed by atoms with Crippen LogP contribution in [0.2, 0.25) is 0 Å². The molecule has 9 atom stereocenters. The van der Waals surface area contributed by atoms with Crippen molar-refractivity contribution in [3.8, 4) is 0 Å². The molecule has 4 aliphatic rings. The van der Waals surface area contributed by atoms with Crippen molar-refractivity contribution in [3.05, 3.63) is 0 Å². The van der Waals surface area contributed by atoms with E-state index in [0.717, 1.165) is 38.5 Å². The van der Waals surface area contributed by atoms with Gasteiger partial charge < -0.3 is 10.2 Å². The number of Topliss-reactive ketones (excluding diaryl/α,β-unsaturated/α-hetero) is 1. The van der Waals surface area contributed by atoms with E-state index in [9.17, 15) is 15.0 Å². The van der Waals surface area contributed by atoms with E-state index in [1.54, 1.807) is 0 Å². The Kier molecular flexibility index (Phi) is 4.31. The van der Waals surface area contributed by atoms with Crippen molar-refractivity contribution >= 4 is 5.78 Å². The summed E-state index contributed by atoms with van der Waals surface area (Å²) in [5.41, 5.74) is -0.0555. The van der Waals surface area contributed by atoms with Gasteiger partial charge in [0.05, 0.1) is 6.10 Å². The quantitative estimate of drug-likeness (QED) is 0.799. The topological polar surface area (TPSA) is 57.5 Å². The van der Waals surface area contributed by atoms with Gasteiger partial charge in [-0.1, -0.05) is 13.8 Å². The van der Waals surface area contributed by atoms with Gasteiger partial charge in [-0.05, 0) is 85.9 Å². The number of fused-ring (bicyclic) bond motifs is 5. The van der Waals surface area contributed by atoms with E-state index in [1.807, 2.05) is 0 Å². The minimum absolute atomic E-state index is 0.00173. The Hall–Kier alpha value is -0.480. The summed E-state index contributed by atoms with van der Waals surface area (Å²) in [6, 6.07) is 0. The largest absolute Gasteiger partial charge is 0.393 e. The van der Waals surface area contributed by atoms with Crippen LogP contribution in [0.5, 0.6) is 0 Å². The summed E-state index contributed by atoms with van der Waals surface area (Å²) in [5, 5.41) is 19.4. The van der Waals surface area contributed by atoms with Crippen LogP contribution < -0.4 is 0 Å². The molecule has 0 spiro atoms. The molecular weight excluding hydrogens is 319 g/mol. The Bertz CT molecular complexity index is 551. The second-order valence-corrected chi connectivity index (χ2v) is 9.97. The van der Waals surface area contributed by atoms with E-state index < -0.39 is 6.17 Å². The molecule has 0 bridgehead atoms. The summed E-state index contributed by atoms with van der Waals surface area (Å²) >= 11 is 0. The molecule has 0 amide bonds. The maximum atomic E-state index is 15.2. The Morgan fingerprint density at radius 1 is 1.00 bits per heavy atom. The zero-order valence-electron chi connectivity index (χ0n) is 15.6. The van der Waals surface area contributed by atoms with Gasteiger partial charge in [0.25, 0.3) is 0 Å². The average Bonchev–Trinajstić information content (AvgIpc) is 2.93. The molecular formula is C21H33FO3. The van der Waals surface area contributed by atoms with E-state index in [-0.39, 0.29) is 41.2 Å². The first-order chi connectivity index (χ1) is 11.8. The Morgan fingerprint density at radius 2 is 1.68 bits per heavy atom. The van der Waals surface area contributed by atoms with Gasteiger partial charge >= 0.3 is 0 Å². The van der Waals surface area contributed by atoms with Crippen LogP contribution in [0.15, 0.2) is 0 Å². The molecule has 4 saturated carbocycles. The zero-order valence-corrected chi connectivity index (χ0v) is 15.6. The van der Waals surface area contributed by atoms with Crippen LogP contribution in [0, 0.1) is 40.4 Å². The normalized spacial score (nSPS) is 55.2. The van der Waals surface area contributed by atoms with Crippen LogP contribution in [-0.2, 0) is 4.79 Å². The molecule has 0 aromatic carbocycles. The maximum absolute atomic E-state index is 15.2. The lowest BCUT2D eigenvalue weighted by atomic mass is 9.44. The van der Waals surface area contributed by atoms with Crippen molar-refractivity contribution in [1.82, 2.24) is 0 Å². The molecule has 0 heterocycles. The molecule has 2 N–H and O–H groups in total. The van der Waals surface area contributed by atoms with E-state index in [4.69, 9.17) is 0 Å². The highest BCUT2D eigenvalue weighted by Gasteiger charge is 2.63. The van der Waals surface area contributed by atoms with Gasteiger partial charge in [-0.2, -0.15) is 0 Å². The lowest BCUT2D eigenvalue weighted by molar-refractivity contribution is -0.158. The van der Waals surface area contributed by atoms with Crippen LogP contribution in [0.4, 0.5) is 4.39 Å². The molecule has 0 aliphatic heterocycles. The molecule has 0 aromatic rings. The number of carbonyl (C=O) groups excluding carboxylic acids is 1. The molecule has 4 rings (SSSR count). The SMILES string of the molecule is C[C@]12CC[C@@H](O)C[C@H]1[C@@H](F)C[C@@H]1[C@@H]2CC[C@]2(C)[C@@H](C(=O)CO)CC[C@@H]12. The van der Waals surface area contributed by atoms with Crippen molar-refractivity contribution in [2.45, 2.75) is 77.5 Å². The number of ketones is 1.